The number of rotatable bonds is 13. The van der Waals surface area contributed by atoms with E-state index < -0.39 is 0 Å². The summed E-state index contributed by atoms with van der Waals surface area (Å²) in [5.41, 5.74) is 11.6. The molecule has 0 saturated carbocycles. The van der Waals surface area contributed by atoms with Crippen LogP contribution in [0.25, 0.3) is 33.0 Å². The summed E-state index contributed by atoms with van der Waals surface area (Å²) in [6.45, 7) is 4.50. The van der Waals surface area contributed by atoms with Crippen LogP contribution in [0.15, 0.2) is 70.8 Å². The van der Waals surface area contributed by atoms with Gasteiger partial charge in [0.05, 0.1) is 24.5 Å². The molecule has 0 aliphatic heterocycles. The molecule has 2 atom stereocenters. The number of H-pyrrole nitrogens is 1. The molecule has 2 unspecified atom stereocenters. The van der Waals surface area contributed by atoms with Crippen molar-refractivity contribution in [3.8, 4) is 17.1 Å². The number of nitrogens with one attached hydrogen (secondary N) is 1. The van der Waals surface area contributed by atoms with Gasteiger partial charge >= 0.3 is 0 Å². The van der Waals surface area contributed by atoms with Gasteiger partial charge in [-0.05, 0) is 48.9 Å². The number of aromatic nitrogens is 4. The lowest BCUT2D eigenvalue weighted by Crippen LogP contribution is -2.21. The lowest BCUT2D eigenvalue weighted by molar-refractivity contribution is 0.318. The Bertz CT molecular complexity index is 1410. The van der Waals surface area contributed by atoms with E-state index in [0.717, 1.165) is 38.5 Å². The Kier molecular flexibility index (Phi) is 8.94. The first-order chi connectivity index (χ1) is 18.1. The van der Waals surface area contributed by atoms with Gasteiger partial charge in [-0.15, -0.1) is 0 Å². The minimum atomic E-state index is -0.332. The first-order valence-corrected chi connectivity index (χ1v) is 12.9. The molecule has 0 spiro atoms. The van der Waals surface area contributed by atoms with Crippen LogP contribution in [0.4, 0.5) is 0 Å². The Hall–Kier alpha value is -4.10. The third-order valence-electron chi connectivity index (χ3n) is 6.49. The number of para-hydroxylation sites is 1. The monoisotopic (exact) mass is 499 g/mol. The van der Waals surface area contributed by atoms with Crippen LogP contribution < -0.4 is 10.3 Å². The molecule has 0 saturated heterocycles. The molecule has 2 heterocycles. The number of ether oxygens (including phenoxy) is 1. The molecule has 0 aliphatic carbocycles. The second kappa shape index (κ2) is 12.7. The van der Waals surface area contributed by atoms with Crippen molar-refractivity contribution in [3.05, 3.63) is 87.3 Å². The fourth-order valence-electron chi connectivity index (χ4n) is 4.57. The number of fused-ring (bicyclic) bond motifs is 1. The number of hydrogen-bond acceptors (Lipinski definition) is 5. The summed E-state index contributed by atoms with van der Waals surface area (Å²) in [6, 6.07) is 17.5. The molecule has 192 valence electrons. The molecule has 2 aromatic heterocycles. The van der Waals surface area contributed by atoms with Crippen LogP contribution in [0.1, 0.15) is 57.6 Å². The molecule has 0 fully saturated rings. The molecular weight excluding hydrogens is 466 g/mol. The SMILES string of the molecule is CCCOc1ccccc1-c1nc2c(ncn2C(CCCCCc2ccccc2)C(C)N=[N+]=[N-])c(=O)[nH]1. The molecule has 4 aromatic rings. The van der Waals surface area contributed by atoms with E-state index in [0.29, 0.717) is 29.4 Å². The van der Waals surface area contributed by atoms with Crippen LogP contribution in [0.2, 0.25) is 0 Å². The minimum Gasteiger partial charge on any atom is -0.493 e. The summed E-state index contributed by atoms with van der Waals surface area (Å²) in [4.78, 5) is 28.0. The third-order valence-corrected chi connectivity index (χ3v) is 6.49. The number of aryl methyl sites for hydroxylation is 1. The Morgan fingerprint density at radius 3 is 2.68 bits per heavy atom. The lowest BCUT2D eigenvalue weighted by atomic mass is 10.0. The lowest BCUT2D eigenvalue weighted by Gasteiger charge is -2.22. The standard InChI is InChI=1S/C28H33N7O2/c1-3-18-37-24-17-11-10-15-22(24)26-31-27-25(28(36)32-26)30-19-35(27)23(20(2)33-34-29)16-9-5-8-14-21-12-6-4-7-13-21/h4,6-7,10-13,15,17,19-20,23H,3,5,8-9,14,16,18H2,1-2H3,(H,31,32,36). The van der Waals surface area contributed by atoms with Crippen molar-refractivity contribution in [2.24, 2.45) is 5.11 Å². The Morgan fingerprint density at radius 1 is 1.11 bits per heavy atom. The van der Waals surface area contributed by atoms with Crippen LogP contribution in [0, 0.1) is 0 Å². The zero-order valence-electron chi connectivity index (χ0n) is 21.4. The summed E-state index contributed by atoms with van der Waals surface area (Å²) >= 11 is 0. The fourth-order valence-corrected chi connectivity index (χ4v) is 4.57. The summed E-state index contributed by atoms with van der Waals surface area (Å²) < 4.78 is 7.78. The molecule has 1 N–H and O–H groups in total. The summed E-state index contributed by atoms with van der Waals surface area (Å²) in [5.74, 6) is 1.08. The van der Waals surface area contributed by atoms with Gasteiger partial charge in [-0.3, -0.25) is 4.79 Å². The van der Waals surface area contributed by atoms with Crippen molar-refractivity contribution < 1.29 is 4.74 Å². The summed E-state index contributed by atoms with van der Waals surface area (Å²) in [5, 5.41) is 3.98. The average Bonchev–Trinajstić information content (AvgIpc) is 3.34. The Balaban J connectivity index is 1.60. The predicted molar refractivity (Wildman–Crippen MR) is 146 cm³/mol. The van der Waals surface area contributed by atoms with Gasteiger partial charge in [-0.2, -0.15) is 0 Å². The largest absolute Gasteiger partial charge is 0.493 e. The van der Waals surface area contributed by atoms with Crippen molar-refractivity contribution >= 4 is 11.2 Å². The van der Waals surface area contributed by atoms with E-state index in [2.05, 4.69) is 44.3 Å². The minimum absolute atomic E-state index is 0.175. The number of imidazole rings is 1. The fraction of sp³-hybridized carbons (Fsp3) is 0.393. The van der Waals surface area contributed by atoms with E-state index in [-0.39, 0.29) is 23.2 Å². The Labute approximate surface area is 216 Å². The van der Waals surface area contributed by atoms with Crippen LogP contribution in [0.5, 0.6) is 5.75 Å². The second-order valence-electron chi connectivity index (χ2n) is 9.18. The molecule has 0 aliphatic rings. The molecule has 4 rings (SSSR count). The van der Waals surface area contributed by atoms with Gasteiger partial charge in [-0.25, -0.2) is 9.97 Å². The number of unbranched alkanes of at least 4 members (excludes halogenated alkanes) is 2. The van der Waals surface area contributed by atoms with Crippen molar-refractivity contribution in [2.75, 3.05) is 6.61 Å². The smallest absolute Gasteiger partial charge is 0.279 e. The van der Waals surface area contributed by atoms with Crippen LogP contribution in [-0.2, 0) is 6.42 Å². The zero-order valence-corrected chi connectivity index (χ0v) is 21.4. The zero-order chi connectivity index (χ0) is 26.0. The van der Waals surface area contributed by atoms with Gasteiger partial charge in [-0.1, -0.05) is 74.3 Å². The van der Waals surface area contributed by atoms with Crippen LogP contribution >= 0.6 is 0 Å². The molecular formula is C28H33N7O2. The van der Waals surface area contributed by atoms with Crippen LogP contribution in [0.3, 0.4) is 0 Å². The van der Waals surface area contributed by atoms with Gasteiger partial charge in [0.1, 0.15) is 11.6 Å². The van der Waals surface area contributed by atoms with E-state index in [1.807, 2.05) is 48.7 Å². The summed E-state index contributed by atoms with van der Waals surface area (Å²) in [6.07, 6.45) is 7.39. The van der Waals surface area contributed by atoms with E-state index in [1.54, 1.807) is 6.33 Å². The van der Waals surface area contributed by atoms with E-state index >= 15 is 0 Å². The number of hydrogen-bond donors (Lipinski definition) is 1. The summed E-state index contributed by atoms with van der Waals surface area (Å²) in [7, 11) is 0. The van der Waals surface area contributed by atoms with E-state index in [9.17, 15) is 4.79 Å². The highest BCUT2D eigenvalue weighted by Crippen LogP contribution is 2.29. The normalized spacial score (nSPS) is 12.7. The highest BCUT2D eigenvalue weighted by molar-refractivity contribution is 5.74. The quantitative estimate of drug-likeness (QED) is 0.0961. The number of nitrogens with zero attached hydrogens (tertiary/aromatic N) is 6. The topological polar surface area (TPSA) is 122 Å². The van der Waals surface area contributed by atoms with Gasteiger partial charge in [0.15, 0.2) is 11.2 Å². The maximum Gasteiger partial charge on any atom is 0.279 e. The maximum atomic E-state index is 13.0. The van der Waals surface area contributed by atoms with Crippen molar-refractivity contribution in [1.29, 1.82) is 0 Å². The Morgan fingerprint density at radius 2 is 1.89 bits per heavy atom. The van der Waals surface area contributed by atoms with Crippen molar-refractivity contribution in [1.82, 2.24) is 19.5 Å². The molecule has 2 aromatic carbocycles. The van der Waals surface area contributed by atoms with Gasteiger partial charge in [0.2, 0.25) is 0 Å². The van der Waals surface area contributed by atoms with Gasteiger partial charge in [0.25, 0.3) is 5.56 Å². The molecule has 0 amide bonds. The van der Waals surface area contributed by atoms with E-state index in [4.69, 9.17) is 15.3 Å². The van der Waals surface area contributed by atoms with Crippen molar-refractivity contribution in [2.45, 2.75) is 64.5 Å². The number of benzene rings is 2. The molecule has 9 nitrogen and oxygen atoms in total. The highest BCUT2D eigenvalue weighted by Gasteiger charge is 2.23. The maximum absolute atomic E-state index is 13.0. The first-order valence-electron chi connectivity index (χ1n) is 12.9. The molecule has 0 bridgehead atoms. The molecule has 0 radical (unpaired) electrons. The second-order valence-corrected chi connectivity index (χ2v) is 9.18. The average molecular weight is 500 g/mol. The molecule has 9 heteroatoms. The van der Waals surface area contributed by atoms with Gasteiger partial charge < -0.3 is 14.3 Å². The van der Waals surface area contributed by atoms with Crippen LogP contribution in [-0.4, -0.2) is 32.2 Å². The van der Waals surface area contributed by atoms with E-state index in [1.165, 1.54) is 5.56 Å². The predicted octanol–water partition coefficient (Wildman–Crippen LogP) is 6.62. The highest BCUT2D eigenvalue weighted by atomic mass is 16.5. The van der Waals surface area contributed by atoms with Gasteiger partial charge in [0, 0.05) is 11.0 Å². The third kappa shape index (κ3) is 6.37. The van der Waals surface area contributed by atoms with Crippen molar-refractivity contribution in [3.63, 3.8) is 0 Å². The molecule has 37 heavy (non-hydrogen) atoms. The first kappa shape index (κ1) is 26.0. The number of aromatic amines is 1. The number of azide groups is 1.